The van der Waals surface area contributed by atoms with Gasteiger partial charge in [0, 0.05) is 144 Å². The van der Waals surface area contributed by atoms with Gasteiger partial charge in [-0.1, -0.05) is 114 Å². The van der Waals surface area contributed by atoms with Gasteiger partial charge in [-0.3, -0.25) is 46.4 Å². The zero-order valence-electron chi connectivity index (χ0n) is 73.5. The smallest absolute Gasteiger partial charge is 0.320 e. The summed E-state index contributed by atoms with van der Waals surface area (Å²) < 4.78 is 33.5. The Morgan fingerprint density at radius 3 is 1.24 bits per heavy atom. The minimum atomic E-state index is -0.664. The lowest BCUT2D eigenvalue weighted by atomic mass is 10.1. The number of ether oxygens (including phenoxy) is 6. The van der Waals surface area contributed by atoms with E-state index in [4.69, 9.17) is 38.4 Å². The van der Waals surface area contributed by atoms with Crippen LogP contribution in [-0.2, 0) is 56.0 Å². The Hall–Kier alpha value is -14.7. The summed E-state index contributed by atoms with van der Waals surface area (Å²) in [7, 11) is 0. The van der Waals surface area contributed by atoms with Crippen molar-refractivity contribution in [2.45, 2.75) is 78.4 Å². The Morgan fingerprint density at radius 2 is 0.840 bits per heavy atom. The number of aliphatic hydroxyl groups is 2. The SMILES string of the molecule is Cc1cccc(/C=N/Nc2cc(N3CCOCC3)nc(CCC(O)c3ccccn3)n2)c1.Cc1cccc(/C=N/Nc2cc(N3CCOCC3)nc(CCCC(=O)Nc3ccncc3)n2)c1.Cc1cccc(/C=N/Nc2cc(N3CCOCC3)nc(OCCc3ccc(O)cn3)n2)c1.OCc1cccc(/C=N/Nc2cc(N3CCOCC3)nc(OCCc3ccc(O)cn3)n2)c1. The van der Waals surface area contributed by atoms with Crippen molar-refractivity contribution < 1.29 is 53.6 Å². The van der Waals surface area contributed by atoms with E-state index in [0.29, 0.717) is 152 Å². The molecule has 680 valence electrons. The van der Waals surface area contributed by atoms with Crippen molar-refractivity contribution in [2.24, 2.45) is 20.4 Å². The van der Waals surface area contributed by atoms with Gasteiger partial charge in [0.05, 0.1) is 122 Å². The van der Waals surface area contributed by atoms with Gasteiger partial charge >= 0.3 is 12.0 Å². The number of nitrogens with zero attached hydrogens (tertiary/aromatic N) is 20. The van der Waals surface area contributed by atoms with Crippen LogP contribution in [0.3, 0.4) is 0 Å². The lowest BCUT2D eigenvalue weighted by Crippen LogP contribution is -2.37. The number of aryl methyl sites for hydroxylation is 5. The van der Waals surface area contributed by atoms with E-state index in [1.54, 1.807) is 79.8 Å². The van der Waals surface area contributed by atoms with Crippen molar-refractivity contribution in [1.29, 1.82) is 0 Å². The highest BCUT2D eigenvalue weighted by Crippen LogP contribution is 2.27. The molecule has 131 heavy (non-hydrogen) atoms. The second-order valence-electron chi connectivity index (χ2n) is 30.5. The third-order valence-corrected chi connectivity index (χ3v) is 20.3. The fourth-order valence-electron chi connectivity index (χ4n) is 13.6. The average Bonchev–Trinajstić information content (AvgIpc) is 0.845. The first-order chi connectivity index (χ1) is 64.2. The predicted molar refractivity (Wildman–Crippen MR) is 505 cm³/mol. The Balaban J connectivity index is 0.000000149. The van der Waals surface area contributed by atoms with Crippen molar-refractivity contribution in [2.75, 3.05) is 165 Å². The van der Waals surface area contributed by atoms with Gasteiger partial charge in [-0.15, -0.1) is 0 Å². The molecule has 4 saturated heterocycles. The molecule has 9 N–H and O–H groups in total. The summed E-state index contributed by atoms with van der Waals surface area (Å²) in [6.45, 7) is 18.1. The molecule has 1 amide bonds. The third kappa shape index (κ3) is 32.2. The fourth-order valence-corrected chi connectivity index (χ4v) is 13.6. The number of pyridine rings is 4. The van der Waals surface area contributed by atoms with Crippen molar-refractivity contribution in [3.63, 3.8) is 0 Å². The van der Waals surface area contributed by atoms with E-state index in [9.17, 15) is 25.2 Å². The minimum absolute atomic E-state index is 0.0235. The molecule has 0 saturated carbocycles. The van der Waals surface area contributed by atoms with Crippen LogP contribution in [0.15, 0.2) is 227 Å². The number of aromatic hydroxyl groups is 2. The third-order valence-electron chi connectivity index (χ3n) is 20.3. The molecule has 1 atom stereocenters. The van der Waals surface area contributed by atoms with Gasteiger partial charge in [0.15, 0.2) is 23.3 Å². The van der Waals surface area contributed by atoms with Gasteiger partial charge in [-0.25, -0.2) is 19.9 Å². The van der Waals surface area contributed by atoms with E-state index in [0.717, 1.165) is 121 Å². The van der Waals surface area contributed by atoms with Crippen LogP contribution in [0.1, 0.15) is 98.6 Å². The van der Waals surface area contributed by atoms with Crippen LogP contribution in [0, 0.1) is 20.8 Å². The van der Waals surface area contributed by atoms with Crippen LogP contribution in [0.5, 0.6) is 23.5 Å². The Morgan fingerprint density at radius 1 is 0.435 bits per heavy atom. The van der Waals surface area contributed by atoms with Crippen LogP contribution >= 0.6 is 0 Å². The number of amides is 1. The quantitative estimate of drug-likeness (QED) is 0.0134. The number of hydrogen-bond acceptors (Lipinski definition) is 35. The van der Waals surface area contributed by atoms with Crippen molar-refractivity contribution in [3.05, 3.63) is 280 Å². The van der Waals surface area contributed by atoms with E-state index in [-0.39, 0.29) is 36.0 Å². The summed E-state index contributed by atoms with van der Waals surface area (Å²) in [5, 5.41) is 58.7. The molecule has 16 rings (SSSR count). The summed E-state index contributed by atoms with van der Waals surface area (Å²) in [6, 6.07) is 55.5. The van der Waals surface area contributed by atoms with Gasteiger partial charge < -0.3 is 73.8 Å². The molecule has 4 aliphatic heterocycles. The van der Waals surface area contributed by atoms with E-state index < -0.39 is 6.10 Å². The number of morpholine rings is 4. The van der Waals surface area contributed by atoms with Crippen molar-refractivity contribution >= 4 is 83.0 Å². The van der Waals surface area contributed by atoms with Crippen LogP contribution in [-0.4, -0.2) is 229 Å². The number of aliphatic hydroxyl groups excluding tert-OH is 2. The molecule has 1 unspecified atom stereocenters. The van der Waals surface area contributed by atoms with Crippen LogP contribution in [0.2, 0.25) is 0 Å². The maximum Gasteiger partial charge on any atom is 0.320 e. The molecule has 4 aromatic carbocycles. The number of hydrogen-bond donors (Lipinski definition) is 9. The molecular formula is C95H109N25O11. The number of carbonyl (C=O) groups excluding carboxylic acids is 1. The van der Waals surface area contributed by atoms with Crippen LogP contribution < -0.4 is 56.1 Å². The summed E-state index contributed by atoms with van der Waals surface area (Å²) in [6.07, 6.45) is 17.8. The second-order valence-corrected chi connectivity index (χ2v) is 30.5. The van der Waals surface area contributed by atoms with Gasteiger partial charge in [0.1, 0.15) is 46.4 Å². The second kappa shape index (κ2) is 50.7. The summed E-state index contributed by atoms with van der Waals surface area (Å²) in [5.41, 5.74) is 23.2. The van der Waals surface area contributed by atoms with Gasteiger partial charge in [-0.05, 0) is 116 Å². The molecule has 12 heterocycles. The molecule has 36 nitrogen and oxygen atoms in total. The molecule has 4 fully saturated rings. The van der Waals surface area contributed by atoms with Gasteiger partial charge in [0.25, 0.3) is 0 Å². The maximum absolute atomic E-state index is 12.3. The first-order valence-corrected chi connectivity index (χ1v) is 43.4. The first-order valence-electron chi connectivity index (χ1n) is 43.4. The number of carbonyl (C=O) groups is 1. The highest BCUT2D eigenvalue weighted by molar-refractivity contribution is 5.90. The molecular weight excluding hydrogens is 1670 g/mol. The standard InChI is InChI=1S/C25H29N7O2.C24H28N6O2.C23H26N6O4.C23H26N6O3/c1-19-4-2-5-20(16-19)18-27-31-23-17-24(32-12-14-34-15-13-32)30-22(29-23)6-3-7-25(33)28-21-8-10-26-11-9-21;1-18-5-4-6-19(15-18)17-26-29-23-16-24(30-11-13-32-14-12-30)28-22(27-23)9-8-21(31)20-7-2-3-10-25-20;30-16-18-3-1-2-17(12-18)14-25-28-21-13-22(29-7-10-32-11-8-29)27-23(26-21)33-9-6-19-4-5-20(31)15-24-19;1-17-3-2-4-18(13-17)15-25-28-21-14-22(29-8-11-31-12-9-29)27-23(26-21)32-10-7-19-5-6-20(30)16-24-19/h2,4-5,8-11,16-18H,3,6-7,12-15H2,1H3,(H,26,28,33)(H,29,30,31);2-7,10,15-17,21,31H,8-9,11-14H2,1H3,(H,27,28,29);1-5,12-15,30-31H,6-11,16H2,(H,26,27,28);2-6,13-16,30H,7-12H2,1H3,(H,26,27,28)/b27-18+;26-17+;25-14+;25-15+. The van der Waals surface area contributed by atoms with E-state index >= 15 is 0 Å². The summed E-state index contributed by atoms with van der Waals surface area (Å²) >= 11 is 0. The van der Waals surface area contributed by atoms with Gasteiger partial charge in [-0.2, -0.15) is 40.3 Å². The van der Waals surface area contributed by atoms with E-state index in [1.807, 2.05) is 129 Å². The van der Waals surface area contributed by atoms with E-state index in [1.165, 1.54) is 29.1 Å². The molecule has 4 aliphatic rings. The largest absolute Gasteiger partial charge is 0.506 e. The number of benzene rings is 4. The molecule has 36 heteroatoms. The molecule has 0 bridgehead atoms. The summed E-state index contributed by atoms with van der Waals surface area (Å²) in [4.78, 5) is 74.1. The normalized spacial score (nSPS) is 14.2. The first kappa shape index (κ1) is 93.9. The maximum atomic E-state index is 12.3. The highest BCUT2D eigenvalue weighted by atomic mass is 16.5. The Kier molecular flexibility index (Phi) is 36.4. The van der Waals surface area contributed by atoms with Crippen LogP contribution in [0.4, 0.5) is 52.2 Å². The lowest BCUT2D eigenvalue weighted by molar-refractivity contribution is -0.116. The number of nitrogens with one attached hydrogen (secondary N) is 5. The zero-order chi connectivity index (χ0) is 90.8. The van der Waals surface area contributed by atoms with Gasteiger partial charge in [0.2, 0.25) is 5.91 Å². The number of anilines is 9. The number of hydrazone groups is 4. The molecule has 0 spiro atoms. The topological polar surface area (TPSA) is 431 Å². The number of aromatic nitrogens is 12. The number of rotatable bonds is 34. The Labute approximate surface area is 760 Å². The Bertz CT molecular complexity index is 5660. The average molecular weight is 1780 g/mol. The van der Waals surface area contributed by atoms with E-state index in [2.05, 4.69) is 148 Å². The minimum Gasteiger partial charge on any atom is -0.506 e. The van der Waals surface area contributed by atoms with Crippen molar-refractivity contribution in [1.82, 2.24) is 59.8 Å². The molecule has 8 aromatic heterocycles. The molecule has 0 aliphatic carbocycles. The predicted octanol–water partition coefficient (Wildman–Crippen LogP) is 11.3. The van der Waals surface area contributed by atoms with Crippen molar-refractivity contribution in [3.8, 4) is 23.5 Å². The highest BCUT2D eigenvalue weighted by Gasteiger charge is 2.22. The molecule has 12 aromatic rings. The monoisotopic (exact) mass is 1780 g/mol. The van der Waals surface area contributed by atoms with Crippen LogP contribution in [0.25, 0.3) is 0 Å². The molecule has 0 radical (unpaired) electrons. The summed E-state index contributed by atoms with van der Waals surface area (Å²) in [5.74, 6) is 6.98. The zero-order valence-corrected chi connectivity index (χ0v) is 73.5. The lowest BCUT2D eigenvalue weighted by Gasteiger charge is -2.28. The fraction of sp³-hybridized carbons (Fsp3) is 0.316.